The van der Waals surface area contributed by atoms with Gasteiger partial charge in [0.1, 0.15) is 11.9 Å². The van der Waals surface area contributed by atoms with Gasteiger partial charge in [0, 0.05) is 13.1 Å². The summed E-state index contributed by atoms with van der Waals surface area (Å²) in [6.45, 7) is 4.63. The molecule has 0 N–H and O–H groups in total. The number of aryl methyl sites for hydroxylation is 1. The third kappa shape index (κ3) is 2.63. The summed E-state index contributed by atoms with van der Waals surface area (Å²) < 4.78 is 18.3. The van der Waals surface area contributed by atoms with Crippen molar-refractivity contribution in [3.8, 4) is 6.07 Å². The maximum absolute atomic E-state index is 13.0. The van der Waals surface area contributed by atoms with Crippen LogP contribution in [0, 0.1) is 24.1 Å². The van der Waals surface area contributed by atoms with Crippen LogP contribution in [0.15, 0.2) is 18.2 Å². The van der Waals surface area contributed by atoms with Crippen molar-refractivity contribution >= 4 is 0 Å². The van der Waals surface area contributed by atoms with Crippen LogP contribution in [0.25, 0.3) is 0 Å². The molecule has 1 heterocycles. The Kier molecular flexibility index (Phi) is 3.72. The maximum atomic E-state index is 13.0. The normalized spacial score (nSPS) is 18.6. The second kappa shape index (κ2) is 5.26. The van der Waals surface area contributed by atoms with E-state index in [2.05, 4.69) is 11.0 Å². The highest BCUT2D eigenvalue weighted by Gasteiger charge is 2.23. The SMILES string of the molecule is Cc1cc(F)ccc1C(C#N)N1CCOCC1. The Morgan fingerprint density at radius 1 is 1.41 bits per heavy atom. The average molecular weight is 234 g/mol. The van der Waals surface area contributed by atoms with Gasteiger partial charge in [-0.15, -0.1) is 0 Å². The zero-order valence-corrected chi connectivity index (χ0v) is 9.82. The molecule has 1 aliphatic heterocycles. The van der Waals surface area contributed by atoms with Gasteiger partial charge in [-0.3, -0.25) is 4.90 Å². The van der Waals surface area contributed by atoms with Gasteiger partial charge in [0.15, 0.2) is 0 Å². The van der Waals surface area contributed by atoms with Gasteiger partial charge in [0.2, 0.25) is 0 Å². The second-order valence-electron chi connectivity index (χ2n) is 4.18. The first kappa shape index (κ1) is 12.0. The van der Waals surface area contributed by atoms with Crippen molar-refractivity contribution in [2.45, 2.75) is 13.0 Å². The van der Waals surface area contributed by atoms with Crippen LogP contribution in [0.5, 0.6) is 0 Å². The van der Waals surface area contributed by atoms with Gasteiger partial charge >= 0.3 is 0 Å². The molecule has 4 heteroatoms. The topological polar surface area (TPSA) is 36.3 Å². The van der Waals surface area contributed by atoms with Crippen molar-refractivity contribution in [1.82, 2.24) is 4.90 Å². The van der Waals surface area contributed by atoms with E-state index in [9.17, 15) is 9.65 Å². The smallest absolute Gasteiger partial charge is 0.124 e. The lowest BCUT2D eigenvalue weighted by atomic mass is 10.0. The lowest BCUT2D eigenvalue weighted by Crippen LogP contribution is -2.38. The van der Waals surface area contributed by atoms with Crippen LogP contribution in [-0.2, 0) is 4.74 Å². The molecule has 1 atom stereocenters. The monoisotopic (exact) mass is 234 g/mol. The van der Waals surface area contributed by atoms with E-state index in [1.807, 2.05) is 6.92 Å². The molecule has 2 rings (SSSR count). The maximum Gasteiger partial charge on any atom is 0.124 e. The first-order chi connectivity index (χ1) is 8.22. The summed E-state index contributed by atoms with van der Waals surface area (Å²) in [7, 11) is 0. The second-order valence-corrected chi connectivity index (χ2v) is 4.18. The number of halogens is 1. The Labute approximate surface area is 100 Å². The van der Waals surface area contributed by atoms with Crippen molar-refractivity contribution in [3.63, 3.8) is 0 Å². The van der Waals surface area contributed by atoms with Gasteiger partial charge < -0.3 is 4.74 Å². The zero-order valence-electron chi connectivity index (χ0n) is 9.82. The molecule has 1 aromatic carbocycles. The van der Waals surface area contributed by atoms with E-state index in [0.717, 1.165) is 24.2 Å². The molecule has 1 saturated heterocycles. The predicted molar refractivity (Wildman–Crippen MR) is 61.9 cm³/mol. The van der Waals surface area contributed by atoms with Gasteiger partial charge in [-0.2, -0.15) is 5.26 Å². The Morgan fingerprint density at radius 3 is 2.71 bits per heavy atom. The van der Waals surface area contributed by atoms with Gasteiger partial charge in [-0.25, -0.2) is 4.39 Å². The zero-order chi connectivity index (χ0) is 12.3. The number of nitrogens with zero attached hydrogens (tertiary/aromatic N) is 2. The Hall–Kier alpha value is -1.44. The van der Waals surface area contributed by atoms with Crippen molar-refractivity contribution in [3.05, 3.63) is 35.1 Å². The minimum Gasteiger partial charge on any atom is -0.379 e. The molecule has 1 fully saturated rings. The molecular weight excluding hydrogens is 219 g/mol. The molecule has 17 heavy (non-hydrogen) atoms. The number of hydrogen-bond acceptors (Lipinski definition) is 3. The van der Waals surface area contributed by atoms with E-state index >= 15 is 0 Å². The number of benzene rings is 1. The average Bonchev–Trinajstić information content (AvgIpc) is 2.34. The number of nitriles is 1. The van der Waals surface area contributed by atoms with Crippen LogP contribution >= 0.6 is 0 Å². The fourth-order valence-electron chi connectivity index (χ4n) is 2.13. The summed E-state index contributed by atoms with van der Waals surface area (Å²) in [6, 6.07) is 6.57. The molecule has 0 aromatic heterocycles. The van der Waals surface area contributed by atoms with Crippen LogP contribution in [0.4, 0.5) is 4.39 Å². The van der Waals surface area contributed by atoms with Crippen LogP contribution in [-0.4, -0.2) is 31.2 Å². The van der Waals surface area contributed by atoms with Crippen molar-refractivity contribution < 1.29 is 9.13 Å². The number of hydrogen-bond donors (Lipinski definition) is 0. The molecular formula is C13H15FN2O. The van der Waals surface area contributed by atoms with E-state index in [0.29, 0.717) is 13.2 Å². The number of ether oxygens (including phenoxy) is 1. The van der Waals surface area contributed by atoms with Crippen molar-refractivity contribution in [1.29, 1.82) is 5.26 Å². The summed E-state index contributed by atoms with van der Waals surface area (Å²) >= 11 is 0. The Balaban J connectivity index is 2.25. The molecule has 0 radical (unpaired) electrons. The first-order valence-corrected chi connectivity index (χ1v) is 5.70. The molecule has 90 valence electrons. The van der Waals surface area contributed by atoms with Gasteiger partial charge in [0.05, 0.1) is 19.3 Å². The predicted octanol–water partition coefficient (Wildman–Crippen LogP) is 2.03. The van der Waals surface area contributed by atoms with E-state index < -0.39 is 0 Å². The summed E-state index contributed by atoms with van der Waals surface area (Å²) in [4.78, 5) is 2.07. The fraction of sp³-hybridized carbons (Fsp3) is 0.462. The highest BCUT2D eigenvalue weighted by Crippen LogP contribution is 2.24. The first-order valence-electron chi connectivity index (χ1n) is 5.70. The number of morpholine rings is 1. The van der Waals surface area contributed by atoms with E-state index in [4.69, 9.17) is 4.74 Å². The summed E-state index contributed by atoms with van der Waals surface area (Å²) in [5, 5.41) is 9.30. The van der Waals surface area contributed by atoms with E-state index in [1.165, 1.54) is 12.1 Å². The third-order valence-electron chi connectivity index (χ3n) is 3.06. The van der Waals surface area contributed by atoms with E-state index in [-0.39, 0.29) is 11.9 Å². The molecule has 1 unspecified atom stereocenters. The molecule has 1 aromatic rings. The fourth-order valence-corrected chi connectivity index (χ4v) is 2.13. The van der Waals surface area contributed by atoms with Crippen molar-refractivity contribution in [2.24, 2.45) is 0 Å². The Morgan fingerprint density at radius 2 is 2.12 bits per heavy atom. The molecule has 1 aliphatic rings. The lowest BCUT2D eigenvalue weighted by Gasteiger charge is -2.31. The molecule has 0 spiro atoms. The summed E-state index contributed by atoms with van der Waals surface area (Å²) in [5.41, 5.74) is 1.71. The molecule has 3 nitrogen and oxygen atoms in total. The molecule has 0 saturated carbocycles. The summed E-state index contributed by atoms with van der Waals surface area (Å²) in [6.07, 6.45) is 0. The largest absolute Gasteiger partial charge is 0.379 e. The minimum absolute atomic E-state index is 0.259. The van der Waals surface area contributed by atoms with Crippen LogP contribution in [0.2, 0.25) is 0 Å². The third-order valence-corrected chi connectivity index (χ3v) is 3.06. The molecule has 0 amide bonds. The van der Waals surface area contributed by atoms with Gasteiger partial charge in [-0.05, 0) is 30.2 Å². The minimum atomic E-state index is -0.306. The van der Waals surface area contributed by atoms with Crippen LogP contribution in [0.3, 0.4) is 0 Å². The lowest BCUT2D eigenvalue weighted by molar-refractivity contribution is 0.0265. The quantitative estimate of drug-likeness (QED) is 0.785. The Bertz CT molecular complexity index is 436. The van der Waals surface area contributed by atoms with Crippen LogP contribution in [0.1, 0.15) is 17.2 Å². The van der Waals surface area contributed by atoms with Crippen molar-refractivity contribution in [2.75, 3.05) is 26.3 Å². The van der Waals surface area contributed by atoms with Gasteiger partial charge in [-0.1, -0.05) is 6.07 Å². The van der Waals surface area contributed by atoms with Gasteiger partial charge in [0.25, 0.3) is 0 Å². The molecule has 0 aliphatic carbocycles. The summed E-state index contributed by atoms with van der Waals surface area (Å²) in [5.74, 6) is -0.259. The molecule has 0 bridgehead atoms. The highest BCUT2D eigenvalue weighted by atomic mass is 19.1. The van der Waals surface area contributed by atoms with E-state index in [1.54, 1.807) is 6.07 Å². The number of rotatable bonds is 2. The highest BCUT2D eigenvalue weighted by molar-refractivity contribution is 5.33. The standard InChI is InChI=1S/C13H15FN2O/c1-10-8-11(14)2-3-12(10)13(9-15)16-4-6-17-7-5-16/h2-3,8,13H,4-7H2,1H3. The van der Waals surface area contributed by atoms with Crippen LogP contribution < -0.4 is 0 Å².